The number of rotatable bonds is 6. The van der Waals surface area contributed by atoms with Crippen LogP contribution in [-0.2, 0) is 6.42 Å². The number of ether oxygens (including phenoxy) is 1. The summed E-state index contributed by atoms with van der Waals surface area (Å²) in [5.41, 5.74) is 1.04. The van der Waals surface area contributed by atoms with Gasteiger partial charge in [0.25, 0.3) is 0 Å². The number of benzene rings is 1. The van der Waals surface area contributed by atoms with Gasteiger partial charge in [-0.2, -0.15) is 0 Å². The molecule has 0 heterocycles. The van der Waals surface area contributed by atoms with Crippen molar-refractivity contribution in [2.45, 2.75) is 32.3 Å². The van der Waals surface area contributed by atoms with Gasteiger partial charge in [0.2, 0.25) is 0 Å². The van der Waals surface area contributed by atoms with Crippen LogP contribution in [0, 0.1) is 0 Å². The summed E-state index contributed by atoms with van der Waals surface area (Å²) in [6, 6.07) is 5.25. The third kappa shape index (κ3) is 4.49. The Morgan fingerprint density at radius 1 is 1.41 bits per heavy atom. The Balaban J connectivity index is 2.54. The van der Waals surface area contributed by atoms with Crippen molar-refractivity contribution in [1.82, 2.24) is 0 Å². The molecule has 1 aromatic carbocycles. The van der Waals surface area contributed by atoms with Crippen molar-refractivity contribution in [2.75, 3.05) is 7.11 Å². The third-order valence-corrected chi connectivity index (χ3v) is 2.57. The first-order valence-corrected chi connectivity index (χ1v) is 5.88. The fraction of sp³-hybridized carbons (Fsp3) is 0.429. The molecule has 0 aliphatic rings. The summed E-state index contributed by atoms with van der Waals surface area (Å²) in [7, 11) is 1.53. The fourth-order valence-electron chi connectivity index (χ4n) is 1.58. The molecule has 0 saturated carbocycles. The molecular formula is C14H20O3. The Hall–Kier alpha value is -1.48. The second kappa shape index (κ2) is 6.97. The average Bonchev–Trinajstić information content (AvgIpc) is 2.35. The smallest absolute Gasteiger partial charge is 0.160 e. The zero-order valence-electron chi connectivity index (χ0n) is 10.4. The summed E-state index contributed by atoms with van der Waals surface area (Å²) < 4.78 is 5.03. The van der Waals surface area contributed by atoms with Crippen LogP contribution in [0.4, 0.5) is 0 Å². The normalized spacial score (nSPS) is 12.9. The van der Waals surface area contributed by atoms with Gasteiger partial charge < -0.3 is 14.9 Å². The Labute approximate surface area is 102 Å². The van der Waals surface area contributed by atoms with E-state index in [9.17, 15) is 10.2 Å². The Kier molecular flexibility index (Phi) is 5.57. The van der Waals surface area contributed by atoms with E-state index in [-0.39, 0.29) is 5.75 Å². The van der Waals surface area contributed by atoms with E-state index in [1.807, 2.05) is 25.1 Å². The van der Waals surface area contributed by atoms with Crippen molar-refractivity contribution in [3.63, 3.8) is 0 Å². The Morgan fingerprint density at radius 3 is 2.82 bits per heavy atom. The molecule has 1 atom stereocenters. The first-order valence-electron chi connectivity index (χ1n) is 5.88. The summed E-state index contributed by atoms with van der Waals surface area (Å²) in [6.45, 7) is 2.04. The summed E-state index contributed by atoms with van der Waals surface area (Å²) in [6.07, 6.45) is 5.73. The van der Waals surface area contributed by atoms with Crippen molar-refractivity contribution in [3.8, 4) is 11.5 Å². The number of hydrogen-bond donors (Lipinski definition) is 2. The minimum Gasteiger partial charge on any atom is -0.504 e. The maximum atomic E-state index is 9.66. The number of allylic oxidation sites excluding steroid dienone is 1. The third-order valence-electron chi connectivity index (χ3n) is 2.57. The number of hydrogen-bond acceptors (Lipinski definition) is 3. The second-order valence-electron chi connectivity index (χ2n) is 3.95. The van der Waals surface area contributed by atoms with Gasteiger partial charge in [0.05, 0.1) is 13.2 Å². The highest BCUT2D eigenvalue weighted by Crippen LogP contribution is 2.26. The topological polar surface area (TPSA) is 49.7 Å². The number of aryl methyl sites for hydroxylation is 1. The highest BCUT2D eigenvalue weighted by atomic mass is 16.5. The quantitative estimate of drug-likeness (QED) is 0.746. The summed E-state index contributed by atoms with van der Waals surface area (Å²) >= 11 is 0. The number of aromatic hydroxyl groups is 1. The van der Waals surface area contributed by atoms with Gasteiger partial charge in [-0.05, 0) is 37.0 Å². The largest absolute Gasteiger partial charge is 0.504 e. The average molecular weight is 236 g/mol. The van der Waals surface area contributed by atoms with E-state index in [4.69, 9.17) is 4.74 Å². The first kappa shape index (κ1) is 13.6. The van der Waals surface area contributed by atoms with E-state index in [0.29, 0.717) is 12.2 Å². The molecule has 2 N–H and O–H groups in total. The molecule has 0 radical (unpaired) electrons. The summed E-state index contributed by atoms with van der Waals surface area (Å²) in [5.74, 6) is 0.615. The molecule has 0 aliphatic carbocycles. The minimum atomic E-state index is -0.408. The molecule has 1 unspecified atom stereocenters. The van der Waals surface area contributed by atoms with E-state index >= 15 is 0 Å². The standard InChI is InChI=1S/C14H20O3/c1-3-4-5-12(15)8-6-11-7-9-13(16)14(10-11)17-2/h4-5,7,9-10,12,15-16H,3,6,8H2,1-2H3/b5-4+. The van der Waals surface area contributed by atoms with Gasteiger partial charge in [0.15, 0.2) is 11.5 Å². The van der Waals surface area contributed by atoms with Gasteiger partial charge in [0, 0.05) is 0 Å². The highest BCUT2D eigenvalue weighted by Gasteiger charge is 2.04. The van der Waals surface area contributed by atoms with Crippen LogP contribution in [0.25, 0.3) is 0 Å². The molecule has 17 heavy (non-hydrogen) atoms. The molecule has 0 fully saturated rings. The molecular weight excluding hydrogens is 216 g/mol. The van der Waals surface area contributed by atoms with E-state index in [1.54, 1.807) is 12.1 Å². The van der Waals surface area contributed by atoms with Gasteiger partial charge in [0.1, 0.15) is 0 Å². The summed E-state index contributed by atoms with van der Waals surface area (Å²) in [4.78, 5) is 0. The lowest BCUT2D eigenvalue weighted by Gasteiger charge is -2.08. The number of aliphatic hydroxyl groups is 1. The molecule has 94 valence electrons. The van der Waals surface area contributed by atoms with Crippen LogP contribution in [0.15, 0.2) is 30.4 Å². The molecule has 0 aromatic heterocycles. The van der Waals surface area contributed by atoms with Crippen LogP contribution >= 0.6 is 0 Å². The predicted molar refractivity (Wildman–Crippen MR) is 68.4 cm³/mol. The molecule has 0 spiro atoms. The van der Waals surface area contributed by atoms with Crippen LogP contribution in [0.5, 0.6) is 11.5 Å². The monoisotopic (exact) mass is 236 g/mol. The van der Waals surface area contributed by atoms with Crippen LogP contribution in [-0.4, -0.2) is 23.4 Å². The van der Waals surface area contributed by atoms with E-state index in [2.05, 4.69) is 0 Å². The SMILES string of the molecule is CC/C=C/C(O)CCc1ccc(O)c(OC)c1. The van der Waals surface area contributed by atoms with E-state index < -0.39 is 6.10 Å². The van der Waals surface area contributed by atoms with Crippen molar-refractivity contribution >= 4 is 0 Å². The van der Waals surface area contributed by atoms with E-state index in [1.165, 1.54) is 7.11 Å². The van der Waals surface area contributed by atoms with Gasteiger partial charge in [-0.25, -0.2) is 0 Å². The van der Waals surface area contributed by atoms with Gasteiger partial charge in [-0.3, -0.25) is 0 Å². The molecule has 0 amide bonds. The van der Waals surface area contributed by atoms with Crippen LogP contribution in [0.3, 0.4) is 0 Å². The number of phenols is 1. The highest BCUT2D eigenvalue weighted by molar-refractivity contribution is 5.41. The lowest BCUT2D eigenvalue weighted by molar-refractivity contribution is 0.212. The van der Waals surface area contributed by atoms with E-state index in [0.717, 1.165) is 18.4 Å². The molecule has 1 aromatic rings. The molecule has 3 heteroatoms. The van der Waals surface area contributed by atoms with Crippen LogP contribution in [0.2, 0.25) is 0 Å². The molecule has 1 rings (SSSR count). The first-order chi connectivity index (χ1) is 8.17. The maximum absolute atomic E-state index is 9.66. The molecule has 0 bridgehead atoms. The second-order valence-corrected chi connectivity index (χ2v) is 3.95. The van der Waals surface area contributed by atoms with Crippen molar-refractivity contribution < 1.29 is 14.9 Å². The fourth-order valence-corrected chi connectivity index (χ4v) is 1.58. The Bertz CT molecular complexity index is 372. The molecule has 0 aliphatic heterocycles. The van der Waals surface area contributed by atoms with Crippen molar-refractivity contribution in [2.24, 2.45) is 0 Å². The van der Waals surface area contributed by atoms with Crippen LogP contribution in [0.1, 0.15) is 25.3 Å². The minimum absolute atomic E-state index is 0.141. The lowest BCUT2D eigenvalue weighted by Crippen LogP contribution is -2.03. The molecule has 0 saturated heterocycles. The number of aliphatic hydroxyl groups excluding tert-OH is 1. The summed E-state index contributed by atoms with van der Waals surface area (Å²) in [5, 5.41) is 19.1. The number of methoxy groups -OCH3 is 1. The number of phenolic OH excluding ortho intramolecular Hbond substituents is 1. The molecule has 3 nitrogen and oxygen atoms in total. The van der Waals surface area contributed by atoms with Crippen molar-refractivity contribution in [1.29, 1.82) is 0 Å². The Morgan fingerprint density at radius 2 is 2.18 bits per heavy atom. The predicted octanol–water partition coefficient (Wildman–Crippen LogP) is 2.66. The van der Waals surface area contributed by atoms with Gasteiger partial charge in [-0.1, -0.05) is 25.1 Å². The lowest BCUT2D eigenvalue weighted by atomic mass is 10.1. The van der Waals surface area contributed by atoms with Gasteiger partial charge >= 0.3 is 0 Å². The zero-order valence-corrected chi connectivity index (χ0v) is 10.4. The van der Waals surface area contributed by atoms with Crippen molar-refractivity contribution in [3.05, 3.63) is 35.9 Å². The van der Waals surface area contributed by atoms with Crippen LogP contribution < -0.4 is 4.74 Å². The van der Waals surface area contributed by atoms with Gasteiger partial charge in [-0.15, -0.1) is 0 Å². The zero-order chi connectivity index (χ0) is 12.7. The maximum Gasteiger partial charge on any atom is 0.160 e.